The SMILES string of the molecule is COC(=O)C1=C(C)N=C(C)C(C(=O)OC)[C@H]1C(=O)OCC(=O)N[C@@](C)(C#N)C1CC1. The average molecular weight is 419 g/mol. The molecular formula is C20H25N3O7. The monoisotopic (exact) mass is 419 g/mol. The first-order valence-electron chi connectivity index (χ1n) is 9.40. The van der Waals surface area contributed by atoms with E-state index in [1.54, 1.807) is 6.92 Å². The van der Waals surface area contributed by atoms with Crippen molar-refractivity contribution in [3.05, 3.63) is 11.3 Å². The largest absolute Gasteiger partial charge is 0.468 e. The van der Waals surface area contributed by atoms with Gasteiger partial charge in [-0.3, -0.25) is 19.4 Å². The maximum atomic E-state index is 12.9. The van der Waals surface area contributed by atoms with Crippen molar-refractivity contribution in [2.24, 2.45) is 22.7 Å². The van der Waals surface area contributed by atoms with Crippen LogP contribution in [0.15, 0.2) is 16.3 Å². The van der Waals surface area contributed by atoms with Crippen LogP contribution in [0.1, 0.15) is 33.6 Å². The van der Waals surface area contributed by atoms with Gasteiger partial charge in [-0.15, -0.1) is 0 Å². The summed E-state index contributed by atoms with van der Waals surface area (Å²) >= 11 is 0. The summed E-state index contributed by atoms with van der Waals surface area (Å²) in [7, 11) is 2.28. The van der Waals surface area contributed by atoms with Gasteiger partial charge in [0.05, 0.1) is 25.9 Å². The molecule has 1 N–H and O–H groups in total. The molecule has 2 rings (SSSR count). The summed E-state index contributed by atoms with van der Waals surface area (Å²) in [6.45, 7) is 3.97. The van der Waals surface area contributed by atoms with Crippen molar-refractivity contribution >= 4 is 29.5 Å². The van der Waals surface area contributed by atoms with Gasteiger partial charge in [0.1, 0.15) is 17.4 Å². The van der Waals surface area contributed by atoms with Crippen LogP contribution in [-0.4, -0.2) is 55.9 Å². The van der Waals surface area contributed by atoms with Gasteiger partial charge in [-0.1, -0.05) is 0 Å². The summed E-state index contributed by atoms with van der Waals surface area (Å²) in [5, 5.41) is 11.9. The molecular weight excluding hydrogens is 394 g/mol. The first-order chi connectivity index (χ1) is 14.1. The molecule has 1 saturated carbocycles. The summed E-state index contributed by atoms with van der Waals surface area (Å²) in [5.41, 5.74) is -0.704. The molecule has 30 heavy (non-hydrogen) atoms. The second-order valence-corrected chi connectivity index (χ2v) is 7.47. The van der Waals surface area contributed by atoms with E-state index in [9.17, 15) is 24.4 Å². The van der Waals surface area contributed by atoms with Crippen LogP contribution in [0.3, 0.4) is 0 Å². The number of esters is 3. The van der Waals surface area contributed by atoms with Gasteiger partial charge in [0.2, 0.25) is 0 Å². The number of methoxy groups -OCH3 is 2. The fourth-order valence-corrected chi connectivity index (χ4v) is 3.53. The Morgan fingerprint density at radius 3 is 2.27 bits per heavy atom. The molecule has 0 aromatic heterocycles. The Bertz CT molecular complexity index is 866. The molecule has 1 fully saturated rings. The van der Waals surface area contributed by atoms with Crippen LogP contribution >= 0.6 is 0 Å². The van der Waals surface area contributed by atoms with Crippen LogP contribution in [0.5, 0.6) is 0 Å². The molecule has 0 aromatic rings. The molecule has 1 unspecified atom stereocenters. The second kappa shape index (κ2) is 9.07. The fourth-order valence-electron chi connectivity index (χ4n) is 3.53. The number of hydrogen-bond donors (Lipinski definition) is 1. The molecule has 2 aliphatic rings. The minimum atomic E-state index is -1.37. The maximum absolute atomic E-state index is 12.9. The summed E-state index contributed by atoms with van der Waals surface area (Å²) in [5.74, 6) is -5.76. The number of nitrogens with one attached hydrogen (secondary N) is 1. The van der Waals surface area contributed by atoms with Crippen LogP contribution in [0, 0.1) is 29.1 Å². The van der Waals surface area contributed by atoms with Crippen molar-refractivity contribution in [3.63, 3.8) is 0 Å². The molecule has 0 spiro atoms. The van der Waals surface area contributed by atoms with Crippen molar-refractivity contribution in [1.29, 1.82) is 5.26 Å². The number of nitriles is 1. The van der Waals surface area contributed by atoms with Gasteiger partial charge in [0, 0.05) is 11.4 Å². The maximum Gasteiger partial charge on any atom is 0.336 e. The third kappa shape index (κ3) is 4.67. The quantitative estimate of drug-likeness (QED) is 0.468. The molecule has 0 radical (unpaired) electrons. The van der Waals surface area contributed by atoms with Crippen molar-refractivity contribution in [1.82, 2.24) is 5.32 Å². The Balaban J connectivity index is 2.21. The zero-order valence-electron chi connectivity index (χ0n) is 17.6. The van der Waals surface area contributed by atoms with E-state index in [0.717, 1.165) is 27.1 Å². The van der Waals surface area contributed by atoms with E-state index >= 15 is 0 Å². The molecule has 0 saturated heterocycles. The van der Waals surface area contributed by atoms with Crippen LogP contribution in [0.4, 0.5) is 0 Å². The van der Waals surface area contributed by atoms with Gasteiger partial charge in [-0.2, -0.15) is 5.26 Å². The lowest BCUT2D eigenvalue weighted by atomic mass is 9.80. The zero-order chi connectivity index (χ0) is 22.6. The van der Waals surface area contributed by atoms with E-state index in [1.807, 2.05) is 0 Å². The predicted octanol–water partition coefficient (Wildman–Crippen LogP) is 0.665. The molecule has 162 valence electrons. The van der Waals surface area contributed by atoms with Crippen molar-refractivity contribution in [2.75, 3.05) is 20.8 Å². The minimum Gasteiger partial charge on any atom is -0.468 e. The molecule has 1 amide bonds. The van der Waals surface area contributed by atoms with Crippen LogP contribution in [0.25, 0.3) is 0 Å². The van der Waals surface area contributed by atoms with E-state index in [1.165, 1.54) is 13.8 Å². The Labute approximate surface area is 174 Å². The van der Waals surface area contributed by atoms with E-state index < -0.39 is 47.8 Å². The highest BCUT2D eigenvalue weighted by Gasteiger charge is 2.47. The highest BCUT2D eigenvalue weighted by molar-refractivity contribution is 6.10. The average Bonchev–Trinajstić information content (AvgIpc) is 3.56. The fraction of sp³-hybridized carbons (Fsp3) is 0.600. The third-order valence-electron chi connectivity index (χ3n) is 5.31. The summed E-state index contributed by atoms with van der Waals surface area (Å²) in [4.78, 5) is 53.9. The molecule has 0 aromatic carbocycles. The molecule has 3 atom stereocenters. The standard InChI is InChI=1S/C20H25N3O7/c1-10-14(17(25)28-4)16(15(11(2)22-10)18(26)29-5)19(27)30-8-13(24)23-20(3,9-21)12-6-7-12/h12,14,16H,6-8H2,1-5H3,(H,23,24)/t14?,16-,20+/m1/s1. The van der Waals surface area contributed by atoms with Gasteiger partial charge in [0.25, 0.3) is 5.91 Å². The molecule has 1 heterocycles. The second-order valence-electron chi connectivity index (χ2n) is 7.47. The summed E-state index contributed by atoms with van der Waals surface area (Å²) < 4.78 is 14.6. The van der Waals surface area contributed by atoms with Gasteiger partial charge in [0.15, 0.2) is 6.61 Å². The summed E-state index contributed by atoms with van der Waals surface area (Å²) in [6.07, 6.45) is 1.66. The van der Waals surface area contributed by atoms with Gasteiger partial charge in [-0.05, 0) is 39.5 Å². The van der Waals surface area contributed by atoms with Gasteiger partial charge in [-0.25, -0.2) is 4.79 Å². The first-order valence-corrected chi connectivity index (χ1v) is 9.40. The van der Waals surface area contributed by atoms with Crippen molar-refractivity contribution < 1.29 is 33.4 Å². The zero-order valence-corrected chi connectivity index (χ0v) is 17.6. The molecule has 1 aliphatic heterocycles. The number of carbonyl (C=O) groups is 4. The number of aliphatic imine (C=N–C) groups is 1. The Hall–Kier alpha value is -3.22. The Morgan fingerprint density at radius 1 is 1.13 bits per heavy atom. The smallest absolute Gasteiger partial charge is 0.336 e. The Morgan fingerprint density at radius 2 is 1.77 bits per heavy atom. The van der Waals surface area contributed by atoms with E-state index in [0.29, 0.717) is 0 Å². The molecule has 10 nitrogen and oxygen atoms in total. The minimum absolute atomic E-state index is 0.0552. The lowest BCUT2D eigenvalue weighted by Crippen LogP contribution is -2.49. The third-order valence-corrected chi connectivity index (χ3v) is 5.31. The number of allylic oxidation sites excluding steroid dienone is 1. The van der Waals surface area contributed by atoms with Crippen molar-refractivity contribution in [3.8, 4) is 6.07 Å². The number of nitrogens with zero attached hydrogens (tertiary/aromatic N) is 2. The highest BCUT2D eigenvalue weighted by atomic mass is 16.5. The molecule has 10 heteroatoms. The number of ether oxygens (including phenoxy) is 3. The topological polar surface area (TPSA) is 144 Å². The van der Waals surface area contributed by atoms with Gasteiger partial charge >= 0.3 is 17.9 Å². The van der Waals surface area contributed by atoms with Crippen LogP contribution in [0.2, 0.25) is 0 Å². The number of carbonyl (C=O) groups excluding carboxylic acids is 4. The van der Waals surface area contributed by atoms with E-state index in [4.69, 9.17) is 14.2 Å². The molecule has 1 aliphatic carbocycles. The normalized spacial score (nSPS) is 22.7. The molecule has 0 bridgehead atoms. The number of hydrogen-bond acceptors (Lipinski definition) is 9. The van der Waals surface area contributed by atoms with Crippen molar-refractivity contribution in [2.45, 2.75) is 39.2 Å². The van der Waals surface area contributed by atoms with Crippen LogP contribution in [-0.2, 0) is 33.4 Å². The highest BCUT2D eigenvalue weighted by Crippen LogP contribution is 2.39. The lowest BCUT2D eigenvalue weighted by molar-refractivity contribution is -0.158. The number of amides is 1. The summed E-state index contributed by atoms with van der Waals surface area (Å²) in [6, 6.07) is 2.08. The van der Waals surface area contributed by atoms with Crippen LogP contribution < -0.4 is 5.32 Å². The van der Waals surface area contributed by atoms with Gasteiger partial charge < -0.3 is 19.5 Å². The predicted molar refractivity (Wildman–Crippen MR) is 103 cm³/mol. The lowest BCUT2D eigenvalue weighted by Gasteiger charge is -2.29. The van der Waals surface area contributed by atoms with E-state index in [2.05, 4.69) is 16.4 Å². The van der Waals surface area contributed by atoms with E-state index in [-0.39, 0.29) is 22.9 Å². The Kier molecular flexibility index (Phi) is 6.97. The first kappa shape index (κ1) is 23.1. The number of rotatable bonds is 7.